The summed E-state index contributed by atoms with van der Waals surface area (Å²) in [5.41, 5.74) is 1.22. The second kappa shape index (κ2) is 6.60. The van der Waals surface area contributed by atoms with Crippen molar-refractivity contribution in [1.29, 1.82) is 0 Å². The Morgan fingerprint density at radius 2 is 2.25 bits per heavy atom. The van der Waals surface area contributed by atoms with E-state index in [0.717, 1.165) is 0 Å². The number of hydrogen-bond donors (Lipinski definition) is 1. The normalized spacial score (nSPS) is 17.4. The number of amides is 2. The molecule has 1 fully saturated rings. The first-order valence-corrected chi connectivity index (χ1v) is 7.84. The highest BCUT2D eigenvalue weighted by Gasteiger charge is 2.37. The first-order valence-electron chi connectivity index (χ1n) is 7.47. The molecule has 0 saturated carbocycles. The fraction of sp³-hybridized carbons (Fsp3) is 0.312. The van der Waals surface area contributed by atoms with Gasteiger partial charge in [0.25, 0.3) is 0 Å². The Hall–Kier alpha value is -2.41. The Morgan fingerprint density at radius 3 is 2.92 bits per heavy atom. The van der Waals surface area contributed by atoms with Crippen molar-refractivity contribution in [2.45, 2.75) is 13.0 Å². The van der Waals surface area contributed by atoms with Crippen LogP contribution >= 0.6 is 11.6 Å². The smallest absolute Gasteiger partial charge is 0.239 e. The number of rotatable bonds is 4. The van der Waals surface area contributed by atoms with Gasteiger partial charge in [-0.15, -0.1) is 0 Å². The van der Waals surface area contributed by atoms with Gasteiger partial charge in [-0.1, -0.05) is 11.6 Å². The highest BCUT2D eigenvalue weighted by atomic mass is 35.5. The molecule has 8 heteroatoms. The lowest BCUT2D eigenvalue weighted by Crippen LogP contribution is -2.36. The molecule has 1 N–H and O–H groups in total. The summed E-state index contributed by atoms with van der Waals surface area (Å²) in [5.74, 6) is -1.83. The summed E-state index contributed by atoms with van der Waals surface area (Å²) in [4.78, 5) is 26.2. The van der Waals surface area contributed by atoms with Crippen molar-refractivity contribution in [2.24, 2.45) is 13.0 Å². The minimum absolute atomic E-state index is 0.118. The van der Waals surface area contributed by atoms with E-state index in [1.54, 1.807) is 35.1 Å². The number of nitrogens with zero attached hydrogens (tertiary/aromatic N) is 3. The van der Waals surface area contributed by atoms with Gasteiger partial charge in [-0.25, -0.2) is 4.39 Å². The third-order valence-corrected chi connectivity index (χ3v) is 4.13. The van der Waals surface area contributed by atoms with Crippen LogP contribution in [0.5, 0.6) is 0 Å². The quantitative estimate of drug-likeness (QED) is 0.856. The number of benzene rings is 1. The van der Waals surface area contributed by atoms with Gasteiger partial charge in [-0.3, -0.25) is 14.3 Å². The van der Waals surface area contributed by atoms with Gasteiger partial charge in [0.15, 0.2) is 0 Å². The van der Waals surface area contributed by atoms with Gasteiger partial charge in [0.05, 0.1) is 11.9 Å². The summed E-state index contributed by atoms with van der Waals surface area (Å²) < 4.78 is 14.9. The van der Waals surface area contributed by atoms with E-state index in [1.165, 1.54) is 12.1 Å². The lowest BCUT2D eigenvalue weighted by atomic mass is 10.1. The monoisotopic (exact) mass is 350 g/mol. The molecule has 2 heterocycles. The predicted molar refractivity (Wildman–Crippen MR) is 86.9 cm³/mol. The summed E-state index contributed by atoms with van der Waals surface area (Å²) in [7, 11) is 1.76. The van der Waals surface area contributed by atoms with Gasteiger partial charge in [0, 0.05) is 31.4 Å². The molecule has 1 atom stereocenters. The van der Waals surface area contributed by atoms with Crippen LogP contribution < -0.4 is 10.2 Å². The molecule has 0 bridgehead atoms. The fourth-order valence-electron chi connectivity index (χ4n) is 2.75. The molecule has 0 spiro atoms. The van der Waals surface area contributed by atoms with Crippen LogP contribution in [0.2, 0.25) is 5.02 Å². The molecule has 1 aliphatic heterocycles. The number of anilines is 1. The van der Waals surface area contributed by atoms with Gasteiger partial charge in [0.1, 0.15) is 11.7 Å². The Morgan fingerprint density at radius 1 is 1.46 bits per heavy atom. The molecular weight excluding hydrogens is 335 g/mol. The van der Waals surface area contributed by atoms with Gasteiger partial charge in [-0.05, 0) is 30.2 Å². The van der Waals surface area contributed by atoms with Crippen molar-refractivity contribution >= 4 is 29.1 Å². The summed E-state index contributed by atoms with van der Waals surface area (Å²) in [6, 6.07) is 4.06. The zero-order chi connectivity index (χ0) is 17.3. The van der Waals surface area contributed by atoms with Crippen LogP contribution in [0.1, 0.15) is 12.0 Å². The molecule has 1 aromatic heterocycles. The van der Waals surface area contributed by atoms with Gasteiger partial charge >= 0.3 is 0 Å². The van der Waals surface area contributed by atoms with Crippen molar-refractivity contribution in [1.82, 2.24) is 15.1 Å². The van der Waals surface area contributed by atoms with Crippen molar-refractivity contribution < 1.29 is 14.0 Å². The zero-order valence-electron chi connectivity index (χ0n) is 13.0. The number of halogens is 2. The number of aromatic nitrogens is 2. The minimum Gasteiger partial charge on any atom is -0.351 e. The molecule has 6 nitrogen and oxygen atoms in total. The standard InChI is InChI=1S/C16H16ClFN4O2/c1-21-9-13(8-20-21)22-3-2-14(16(22)24)15(23)19-7-10-4-11(17)6-12(18)5-10/h4-6,8-9,14H,2-3,7H2,1H3,(H,19,23). The molecule has 1 saturated heterocycles. The van der Waals surface area contributed by atoms with Crippen LogP contribution in [0.4, 0.5) is 10.1 Å². The highest BCUT2D eigenvalue weighted by molar-refractivity contribution is 6.30. The fourth-order valence-corrected chi connectivity index (χ4v) is 3.00. The van der Waals surface area contributed by atoms with E-state index in [4.69, 9.17) is 11.6 Å². The first kappa shape index (κ1) is 16.4. The summed E-state index contributed by atoms with van der Waals surface area (Å²) in [6.07, 6.45) is 3.75. The average molecular weight is 351 g/mol. The van der Waals surface area contributed by atoms with E-state index in [0.29, 0.717) is 24.2 Å². The minimum atomic E-state index is -0.741. The molecular formula is C16H16ClFN4O2. The van der Waals surface area contributed by atoms with Gasteiger partial charge in [-0.2, -0.15) is 5.10 Å². The van der Waals surface area contributed by atoms with Crippen LogP contribution in [0.3, 0.4) is 0 Å². The Balaban J connectivity index is 1.62. The second-order valence-corrected chi connectivity index (χ2v) is 6.14. The molecule has 1 aliphatic rings. The van der Waals surface area contributed by atoms with Crippen LogP contribution in [0.25, 0.3) is 0 Å². The maximum absolute atomic E-state index is 13.3. The zero-order valence-corrected chi connectivity index (χ0v) is 13.8. The topological polar surface area (TPSA) is 67.2 Å². The summed E-state index contributed by atoms with van der Waals surface area (Å²) in [5, 5.41) is 6.97. The molecule has 2 aromatic rings. The summed E-state index contributed by atoms with van der Waals surface area (Å²) >= 11 is 5.78. The Kier molecular flexibility index (Phi) is 4.53. The van der Waals surface area contributed by atoms with E-state index in [1.807, 2.05) is 0 Å². The first-order chi connectivity index (χ1) is 11.4. The highest BCUT2D eigenvalue weighted by Crippen LogP contribution is 2.25. The van der Waals surface area contributed by atoms with Crippen LogP contribution in [0.15, 0.2) is 30.6 Å². The van der Waals surface area contributed by atoms with E-state index in [2.05, 4.69) is 10.4 Å². The van der Waals surface area contributed by atoms with Crippen molar-refractivity contribution in [3.63, 3.8) is 0 Å². The van der Waals surface area contributed by atoms with Crippen molar-refractivity contribution in [3.05, 3.63) is 47.0 Å². The second-order valence-electron chi connectivity index (χ2n) is 5.70. The molecule has 126 valence electrons. The van der Waals surface area contributed by atoms with E-state index in [9.17, 15) is 14.0 Å². The number of carbonyl (C=O) groups excluding carboxylic acids is 2. The number of hydrogen-bond acceptors (Lipinski definition) is 3. The largest absolute Gasteiger partial charge is 0.351 e. The number of aryl methyl sites for hydroxylation is 1. The molecule has 1 aromatic carbocycles. The van der Waals surface area contributed by atoms with Crippen molar-refractivity contribution in [3.8, 4) is 0 Å². The van der Waals surface area contributed by atoms with Crippen LogP contribution in [-0.2, 0) is 23.2 Å². The Bertz CT molecular complexity index is 772. The van der Waals surface area contributed by atoms with E-state index in [-0.39, 0.29) is 23.4 Å². The molecule has 0 radical (unpaired) electrons. The lowest BCUT2D eigenvalue weighted by Gasteiger charge is -2.14. The van der Waals surface area contributed by atoms with Gasteiger partial charge < -0.3 is 10.2 Å². The molecule has 0 aliphatic carbocycles. The van der Waals surface area contributed by atoms with Gasteiger partial charge in [0.2, 0.25) is 11.8 Å². The molecule has 2 amide bonds. The number of nitrogens with one attached hydrogen (secondary N) is 1. The Labute approximate surface area is 143 Å². The van der Waals surface area contributed by atoms with Crippen LogP contribution in [0, 0.1) is 11.7 Å². The maximum atomic E-state index is 13.3. The molecule has 1 unspecified atom stereocenters. The lowest BCUT2D eigenvalue weighted by molar-refractivity contribution is -0.132. The third-order valence-electron chi connectivity index (χ3n) is 3.91. The SMILES string of the molecule is Cn1cc(N2CCC(C(=O)NCc3cc(F)cc(Cl)c3)C2=O)cn1. The predicted octanol–water partition coefficient (Wildman–Crippen LogP) is 1.88. The number of carbonyl (C=O) groups is 2. The van der Waals surface area contributed by atoms with E-state index < -0.39 is 11.7 Å². The maximum Gasteiger partial charge on any atom is 0.239 e. The average Bonchev–Trinajstić information content (AvgIpc) is 3.09. The van der Waals surface area contributed by atoms with Crippen LogP contribution in [-0.4, -0.2) is 28.1 Å². The molecule has 24 heavy (non-hydrogen) atoms. The molecule has 3 rings (SSSR count). The van der Waals surface area contributed by atoms with Crippen molar-refractivity contribution in [2.75, 3.05) is 11.4 Å². The third kappa shape index (κ3) is 3.41. The van der Waals surface area contributed by atoms with E-state index >= 15 is 0 Å². The summed E-state index contributed by atoms with van der Waals surface area (Å²) in [6.45, 7) is 0.585.